The monoisotopic (exact) mass is 486 g/mol. The van der Waals surface area contributed by atoms with Crippen LogP contribution in [0.5, 0.6) is 0 Å². The first-order valence-electron chi connectivity index (χ1n) is 13.0. The highest BCUT2D eigenvalue weighted by atomic mass is 16.4. The first-order chi connectivity index (χ1) is 15.6. The highest BCUT2D eigenvalue weighted by molar-refractivity contribution is 5.94. The summed E-state index contributed by atoms with van der Waals surface area (Å²) in [5, 5.41) is 43.6. The lowest BCUT2D eigenvalue weighted by Gasteiger charge is -2.52. The topological polar surface area (TPSA) is 132 Å². The van der Waals surface area contributed by atoms with E-state index in [0.29, 0.717) is 19.3 Å². The molecule has 7 nitrogen and oxygen atoms in total. The summed E-state index contributed by atoms with van der Waals surface area (Å²) in [5.74, 6) is -8.45. The first kappa shape index (κ1) is 32.4. The van der Waals surface area contributed by atoms with Gasteiger partial charge in [-0.2, -0.15) is 0 Å². The van der Waals surface area contributed by atoms with Gasteiger partial charge < -0.3 is 20.4 Å². The summed E-state index contributed by atoms with van der Waals surface area (Å²) in [7, 11) is 0. The fraction of sp³-hybridized carbons (Fsp3) is 0.889. The van der Waals surface area contributed by atoms with E-state index in [4.69, 9.17) is 0 Å². The molecule has 7 heteroatoms. The Morgan fingerprint density at radius 1 is 0.647 bits per heavy atom. The fourth-order valence-corrected chi connectivity index (χ4v) is 6.07. The number of hydrogen-bond acceptors (Lipinski definition) is 4. The molecule has 0 aliphatic carbocycles. The smallest absolute Gasteiger partial charge is 0.337 e. The molecular formula is C27H50O7. The predicted molar refractivity (Wildman–Crippen MR) is 133 cm³/mol. The van der Waals surface area contributed by atoms with Crippen LogP contribution >= 0.6 is 0 Å². The summed E-state index contributed by atoms with van der Waals surface area (Å²) in [6, 6.07) is 0. The molecule has 4 N–H and O–H groups in total. The maximum atomic E-state index is 13.2. The highest BCUT2D eigenvalue weighted by Crippen LogP contribution is 2.55. The van der Waals surface area contributed by atoms with Gasteiger partial charge in [-0.05, 0) is 54.8 Å². The number of rotatable bonds is 17. The van der Waals surface area contributed by atoms with Crippen LogP contribution in [-0.2, 0) is 14.4 Å². The van der Waals surface area contributed by atoms with Crippen molar-refractivity contribution in [2.75, 3.05) is 0 Å². The lowest BCUT2D eigenvalue weighted by Crippen LogP contribution is -2.70. The minimum absolute atomic E-state index is 0.0865. The van der Waals surface area contributed by atoms with E-state index >= 15 is 0 Å². The van der Waals surface area contributed by atoms with Crippen molar-refractivity contribution in [3.05, 3.63) is 0 Å². The molecule has 0 aliphatic heterocycles. The van der Waals surface area contributed by atoms with Crippen LogP contribution in [0.1, 0.15) is 101 Å². The van der Waals surface area contributed by atoms with Crippen LogP contribution in [0.4, 0.5) is 0 Å². The normalized spacial score (nSPS) is 21.7. The molecule has 0 aliphatic rings. The zero-order chi connectivity index (χ0) is 27.0. The lowest BCUT2D eigenvalue weighted by molar-refractivity contribution is -0.226. The lowest BCUT2D eigenvalue weighted by atomic mass is 9.50. The number of carbonyl (C=O) groups is 3. The fourth-order valence-electron chi connectivity index (χ4n) is 6.07. The highest BCUT2D eigenvalue weighted by Gasteiger charge is 2.71. The molecule has 0 aromatic rings. The van der Waals surface area contributed by atoms with Crippen molar-refractivity contribution < 1.29 is 34.8 Å². The molecule has 0 fully saturated rings. The SMILES string of the molecule is CCC(C)CC(C)C(C(=O)O)C(O)(C(=O)O)C(C(=O)O)(C(C)CC(C)CC)C(C)CC(C)CC. The van der Waals surface area contributed by atoms with Crippen LogP contribution in [0.25, 0.3) is 0 Å². The molecule has 200 valence electrons. The van der Waals surface area contributed by atoms with Crippen LogP contribution in [0.3, 0.4) is 0 Å². The van der Waals surface area contributed by atoms with Gasteiger partial charge in [-0.3, -0.25) is 9.59 Å². The van der Waals surface area contributed by atoms with E-state index in [0.717, 1.165) is 19.3 Å². The summed E-state index contributed by atoms with van der Waals surface area (Å²) in [6.45, 7) is 16.7. The third kappa shape index (κ3) is 6.52. The van der Waals surface area contributed by atoms with E-state index < -0.39 is 52.6 Å². The quantitative estimate of drug-likeness (QED) is 0.204. The third-order valence-corrected chi connectivity index (χ3v) is 8.53. The molecule has 0 amide bonds. The Bertz CT molecular complexity index is 658. The van der Waals surface area contributed by atoms with Gasteiger partial charge in [0.25, 0.3) is 0 Å². The second kappa shape index (κ2) is 13.5. The molecule has 0 saturated carbocycles. The van der Waals surface area contributed by atoms with Gasteiger partial charge in [0.15, 0.2) is 5.60 Å². The van der Waals surface area contributed by atoms with Gasteiger partial charge in [-0.25, -0.2) is 4.79 Å². The van der Waals surface area contributed by atoms with E-state index in [9.17, 15) is 34.8 Å². The van der Waals surface area contributed by atoms with Crippen molar-refractivity contribution in [1.82, 2.24) is 0 Å². The molecule has 0 aromatic heterocycles. The van der Waals surface area contributed by atoms with Gasteiger partial charge in [0.1, 0.15) is 5.41 Å². The van der Waals surface area contributed by atoms with E-state index in [-0.39, 0.29) is 17.8 Å². The van der Waals surface area contributed by atoms with Gasteiger partial charge in [0.05, 0.1) is 5.92 Å². The van der Waals surface area contributed by atoms with Gasteiger partial charge in [-0.15, -0.1) is 0 Å². The van der Waals surface area contributed by atoms with Gasteiger partial charge in [0.2, 0.25) is 0 Å². The van der Waals surface area contributed by atoms with Crippen LogP contribution in [0, 0.1) is 46.8 Å². The summed E-state index contributed by atoms with van der Waals surface area (Å²) < 4.78 is 0. The second-order valence-electron chi connectivity index (χ2n) is 11.1. The van der Waals surface area contributed by atoms with E-state index in [1.807, 2.05) is 41.5 Å². The first-order valence-corrected chi connectivity index (χ1v) is 13.0. The number of carboxylic acid groups (broad SMARTS) is 3. The van der Waals surface area contributed by atoms with E-state index in [1.165, 1.54) is 0 Å². The zero-order valence-corrected chi connectivity index (χ0v) is 22.8. The van der Waals surface area contributed by atoms with Gasteiger partial charge in [0, 0.05) is 0 Å². The second-order valence-corrected chi connectivity index (χ2v) is 11.1. The Kier molecular flexibility index (Phi) is 12.8. The maximum absolute atomic E-state index is 13.2. The van der Waals surface area contributed by atoms with Crippen molar-refractivity contribution in [1.29, 1.82) is 0 Å². The van der Waals surface area contributed by atoms with Crippen LogP contribution in [0.15, 0.2) is 0 Å². The molecule has 0 radical (unpaired) electrons. The summed E-state index contributed by atoms with van der Waals surface area (Å²) in [5.41, 5.74) is -5.17. The Hall–Kier alpha value is -1.63. The Balaban J connectivity index is 7.30. The minimum Gasteiger partial charge on any atom is -0.481 e. The van der Waals surface area contributed by atoms with Crippen molar-refractivity contribution in [3.8, 4) is 0 Å². The van der Waals surface area contributed by atoms with E-state index in [2.05, 4.69) is 0 Å². The van der Waals surface area contributed by atoms with Crippen LogP contribution in [0.2, 0.25) is 0 Å². The largest absolute Gasteiger partial charge is 0.481 e. The number of hydrogen-bond donors (Lipinski definition) is 4. The molecule has 0 aromatic carbocycles. The molecule has 0 bridgehead atoms. The van der Waals surface area contributed by atoms with Gasteiger partial charge >= 0.3 is 17.9 Å². The molecule has 8 atom stereocenters. The maximum Gasteiger partial charge on any atom is 0.337 e. The third-order valence-electron chi connectivity index (χ3n) is 8.53. The molecule has 34 heavy (non-hydrogen) atoms. The van der Waals surface area contributed by atoms with Crippen molar-refractivity contribution >= 4 is 17.9 Å². The van der Waals surface area contributed by atoms with Crippen molar-refractivity contribution in [2.45, 2.75) is 106 Å². The van der Waals surface area contributed by atoms with Gasteiger partial charge in [-0.1, -0.05) is 81.6 Å². The van der Waals surface area contributed by atoms with Crippen LogP contribution < -0.4 is 0 Å². The van der Waals surface area contributed by atoms with Crippen LogP contribution in [-0.4, -0.2) is 43.9 Å². The molecule has 0 heterocycles. The molecule has 0 spiro atoms. The summed E-state index contributed by atoms with van der Waals surface area (Å²) >= 11 is 0. The number of aliphatic carboxylic acids is 3. The Morgan fingerprint density at radius 3 is 1.26 bits per heavy atom. The Labute approximate surface area is 206 Å². The minimum atomic E-state index is -2.99. The predicted octanol–water partition coefficient (Wildman–Crippen LogP) is 5.79. The average molecular weight is 487 g/mol. The zero-order valence-electron chi connectivity index (χ0n) is 22.8. The molecular weight excluding hydrogens is 436 g/mol. The number of aliphatic hydroxyl groups is 1. The van der Waals surface area contributed by atoms with Crippen molar-refractivity contribution in [3.63, 3.8) is 0 Å². The summed E-state index contributed by atoms with van der Waals surface area (Å²) in [4.78, 5) is 38.7. The van der Waals surface area contributed by atoms with E-state index in [1.54, 1.807) is 20.8 Å². The average Bonchev–Trinajstić information content (AvgIpc) is 2.72. The summed E-state index contributed by atoms with van der Waals surface area (Å²) in [6.07, 6.45) is 3.40. The number of carboxylic acids is 3. The van der Waals surface area contributed by atoms with Crippen molar-refractivity contribution in [2.24, 2.45) is 46.8 Å². The molecule has 8 unspecified atom stereocenters. The molecule has 0 rings (SSSR count). The Morgan fingerprint density at radius 2 is 1.00 bits per heavy atom. The molecule has 0 saturated heterocycles. The standard InChI is InChI=1S/C27H50O7/c1-10-16(4)13-19(7)22(23(28)29)27(34,25(32)33)26(24(30)31,20(8)14-17(5)11-2)21(9)15-18(6)12-3/h16-22,34H,10-15H2,1-9H3,(H,28,29)(H,30,31)(H,32,33).